The van der Waals surface area contributed by atoms with Crippen LogP contribution in [0.15, 0.2) is 34.0 Å². The number of nitrogens with one attached hydrogen (secondary N) is 2. The van der Waals surface area contributed by atoms with Crippen molar-refractivity contribution in [3.05, 3.63) is 44.3 Å². The molecular weight excluding hydrogens is 376 g/mol. The minimum atomic E-state index is 0.209. The van der Waals surface area contributed by atoms with E-state index in [4.69, 9.17) is 0 Å². The van der Waals surface area contributed by atoms with Gasteiger partial charge >= 0.3 is 0 Å². The van der Waals surface area contributed by atoms with Gasteiger partial charge < -0.3 is 15.5 Å². The highest BCUT2D eigenvalue weighted by atomic mass is 32.1. The molecule has 0 bridgehead atoms. The number of aliphatic imine (C=N–C) groups is 1. The first kappa shape index (κ1) is 19.9. The van der Waals surface area contributed by atoms with Gasteiger partial charge in [0, 0.05) is 49.4 Å². The maximum absolute atomic E-state index is 12.5. The molecule has 0 spiro atoms. The van der Waals surface area contributed by atoms with Crippen molar-refractivity contribution in [1.29, 1.82) is 0 Å². The third kappa shape index (κ3) is 5.81. The lowest BCUT2D eigenvalue weighted by Crippen LogP contribution is -2.42. The molecule has 1 unspecified atom stereocenters. The quantitative estimate of drug-likeness (QED) is 0.551. The van der Waals surface area contributed by atoms with Crippen molar-refractivity contribution in [1.82, 2.24) is 15.5 Å². The van der Waals surface area contributed by atoms with Crippen LogP contribution in [-0.2, 0) is 24.2 Å². The first-order valence-electron chi connectivity index (χ1n) is 9.45. The molecule has 2 N–H and O–H groups in total. The van der Waals surface area contributed by atoms with Crippen LogP contribution in [0.3, 0.4) is 0 Å². The first-order chi connectivity index (χ1) is 13.2. The Kier molecular flexibility index (Phi) is 7.29. The Morgan fingerprint density at radius 2 is 2.19 bits per heavy atom. The van der Waals surface area contributed by atoms with Crippen molar-refractivity contribution in [2.24, 2.45) is 10.9 Å². The average Bonchev–Trinajstić information content (AvgIpc) is 3.35. The molecule has 7 heteroatoms. The number of hydrogen-bond acceptors (Lipinski definition) is 4. The normalized spacial score (nSPS) is 15.3. The molecule has 1 amide bonds. The van der Waals surface area contributed by atoms with E-state index in [9.17, 15) is 4.79 Å². The van der Waals surface area contributed by atoms with Crippen LogP contribution < -0.4 is 10.6 Å². The van der Waals surface area contributed by atoms with Crippen molar-refractivity contribution in [2.75, 3.05) is 26.7 Å². The summed E-state index contributed by atoms with van der Waals surface area (Å²) in [6, 6.07) is 6.42. The van der Waals surface area contributed by atoms with Gasteiger partial charge in [0.15, 0.2) is 5.96 Å². The molecule has 2 aromatic heterocycles. The zero-order valence-corrected chi connectivity index (χ0v) is 17.7. The largest absolute Gasteiger partial charge is 0.356 e. The number of nitrogens with zero attached hydrogens (tertiary/aromatic N) is 2. The lowest BCUT2D eigenvalue weighted by molar-refractivity contribution is -0.131. The van der Waals surface area contributed by atoms with E-state index < -0.39 is 0 Å². The summed E-state index contributed by atoms with van der Waals surface area (Å²) in [6.07, 6.45) is 2.54. The average molecular weight is 405 g/mol. The second kappa shape index (κ2) is 9.90. The third-order valence-corrected chi connectivity index (χ3v) is 6.68. The summed E-state index contributed by atoms with van der Waals surface area (Å²) in [5.41, 5.74) is 1.31. The molecule has 0 aliphatic carbocycles. The predicted molar refractivity (Wildman–Crippen MR) is 115 cm³/mol. The Labute approximate surface area is 169 Å². The number of rotatable bonds is 7. The molecule has 0 saturated carbocycles. The summed E-state index contributed by atoms with van der Waals surface area (Å²) in [5, 5.41) is 10.9. The lowest BCUT2D eigenvalue weighted by atomic mass is 10.1. The number of thiophene rings is 2. The molecule has 146 valence electrons. The molecular formula is C20H28N4OS2. The maximum Gasteiger partial charge on any atom is 0.224 e. The van der Waals surface area contributed by atoms with Crippen molar-refractivity contribution >= 4 is 34.5 Å². The highest BCUT2D eigenvalue weighted by Gasteiger charge is 2.21. The summed E-state index contributed by atoms with van der Waals surface area (Å²) in [6.45, 7) is 5.28. The van der Waals surface area contributed by atoms with E-state index in [2.05, 4.69) is 51.5 Å². The Morgan fingerprint density at radius 1 is 1.30 bits per heavy atom. The molecule has 5 nitrogen and oxygen atoms in total. The fourth-order valence-electron chi connectivity index (χ4n) is 3.24. The van der Waals surface area contributed by atoms with Crippen molar-refractivity contribution in [3.8, 4) is 0 Å². The van der Waals surface area contributed by atoms with Gasteiger partial charge in [-0.05, 0) is 47.2 Å². The Balaban J connectivity index is 1.35. The highest BCUT2D eigenvalue weighted by molar-refractivity contribution is 7.10. The van der Waals surface area contributed by atoms with Crippen LogP contribution >= 0.6 is 22.7 Å². The van der Waals surface area contributed by atoms with Gasteiger partial charge in [0.2, 0.25) is 5.91 Å². The second-order valence-electron chi connectivity index (χ2n) is 6.95. The van der Waals surface area contributed by atoms with E-state index in [1.165, 1.54) is 15.3 Å². The third-order valence-electron chi connectivity index (χ3n) is 4.76. The van der Waals surface area contributed by atoms with E-state index in [-0.39, 0.29) is 5.91 Å². The molecule has 3 rings (SSSR count). The van der Waals surface area contributed by atoms with Gasteiger partial charge in [-0.3, -0.25) is 9.79 Å². The van der Waals surface area contributed by atoms with Gasteiger partial charge in [-0.2, -0.15) is 0 Å². The maximum atomic E-state index is 12.5. The van der Waals surface area contributed by atoms with E-state index in [1.54, 1.807) is 29.7 Å². The SMILES string of the molecule is CN=C(NCCC(=O)N1CCc2sccc2C1)NCC(C)Cc1cccs1. The zero-order chi connectivity index (χ0) is 19.1. The molecule has 1 aliphatic heterocycles. The summed E-state index contributed by atoms with van der Waals surface area (Å²) in [4.78, 5) is 21.5. The molecule has 27 heavy (non-hydrogen) atoms. The van der Waals surface area contributed by atoms with Gasteiger partial charge in [-0.15, -0.1) is 22.7 Å². The fourth-order valence-corrected chi connectivity index (χ4v) is 5.00. The molecule has 0 fully saturated rings. The first-order valence-corrected chi connectivity index (χ1v) is 11.2. The molecule has 2 aromatic rings. The van der Waals surface area contributed by atoms with Crippen molar-refractivity contribution in [2.45, 2.75) is 32.7 Å². The Hall–Kier alpha value is -1.86. The molecule has 0 aromatic carbocycles. The van der Waals surface area contributed by atoms with Crippen LogP contribution in [0.4, 0.5) is 0 Å². The fraction of sp³-hybridized carbons (Fsp3) is 0.500. The van der Waals surface area contributed by atoms with Gasteiger partial charge in [0.05, 0.1) is 0 Å². The van der Waals surface area contributed by atoms with E-state index >= 15 is 0 Å². The van der Waals surface area contributed by atoms with Gasteiger partial charge in [-0.25, -0.2) is 0 Å². The smallest absolute Gasteiger partial charge is 0.224 e. The number of hydrogen-bond donors (Lipinski definition) is 2. The highest BCUT2D eigenvalue weighted by Crippen LogP contribution is 2.24. The summed E-state index contributed by atoms with van der Waals surface area (Å²) >= 11 is 3.60. The van der Waals surface area contributed by atoms with Crippen LogP contribution in [-0.4, -0.2) is 43.4 Å². The lowest BCUT2D eigenvalue weighted by Gasteiger charge is -2.27. The molecule has 3 heterocycles. The van der Waals surface area contributed by atoms with E-state index in [0.717, 1.165) is 38.4 Å². The van der Waals surface area contributed by atoms with Crippen molar-refractivity contribution < 1.29 is 4.79 Å². The second-order valence-corrected chi connectivity index (χ2v) is 8.99. The van der Waals surface area contributed by atoms with Gasteiger partial charge in [0.25, 0.3) is 0 Å². The molecule has 0 saturated heterocycles. The minimum Gasteiger partial charge on any atom is -0.356 e. The minimum absolute atomic E-state index is 0.209. The van der Waals surface area contributed by atoms with Crippen LogP contribution in [0.25, 0.3) is 0 Å². The Morgan fingerprint density at radius 3 is 2.96 bits per heavy atom. The van der Waals surface area contributed by atoms with Gasteiger partial charge in [0.1, 0.15) is 0 Å². The van der Waals surface area contributed by atoms with Crippen LogP contribution in [0.2, 0.25) is 0 Å². The summed E-state index contributed by atoms with van der Waals surface area (Å²) < 4.78 is 0. The van der Waals surface area contributed by atoms with Gasteiger partial charge in [-0.1, -0.05) is 13.0 Å². The van der Waals surface area contributed by atoms with E-state index in [1.807, 2.05) is 4.90 Å². The standard InChI is InChI=1S/C20H28N4OS2/c1-15(12-17-4-3-10-26-17)13-23-20(21-2)22-8-5-19(25)24-9-6-18-16(14-24)7-11-27-18/h3-4,7,10-11,15H,5-6,8-9,12-14H2,1-2H3,(H2,21,22,23). The van der Waals surface area contributed by atoms with Crippen LogP contribution in [0.5, 0.6) is 0 Å². The molecule has 1 atom stereocenters. The number of carbonyl (C=O) groups excluding carboxylic acids is 1. The van der Waals surface area contributed by atoms with Crippen LogP contribution in [0, 0.1) is 5.92 Å². The number of carbonyl (C=O) groups is 1. The number of amides is 1. The van der Waals surface area contributed by atoms with Crippen molar-refractivity contribution in [3.63, 3.8) is 0 Å². The topological polar surface area (TPSA) is 56.7 Å². The Bertz CT molecular complexity index is 754. The van der Waals surface area contributed by atoms with E-state index in [0.29, 0.717) is 18.9 Å². The number of fused-ring (bicyclic) bond motifs is 1. The summed E-state index contributed by atoms with van der Waals surface area (Å²) in [5.74, 6) is 1.50. The summed E-state index contributed by atoms with van der Waals surface area (Å²) in [7, 11) is 1.77. The van der Waals surface area contributed by atoms with Crippen LogP contribution in [0.1, 0.15) is 28.7 Å². The number of guanidine groups is 1. The molecule has 0 radical (unpaired) electrons. The zero-order valence-electron chi connectivity index (χ0n) is 16.0. The monoisotopic (exact) mass is 404 g/mol. The predicted octanol–water partition coefficient (Wildman–Crippen LogP) is 3.13. The molecule has 1 aliphatic rings.